The van der Waals surface area contributed by atoms with Gasteiger partial charge in [-0.05, 0) is 13.8 Å². The summed E-state index contributed by atoms with van der Waals surface area (Å²) in [6.07, 6.45) is -0.167. The van der Waals surface area contributed by atoms with Crippen molar-refractivity contribution in [3.05, 3.63) is 0 Å². The Balaban J connectivity index is -0.000000105. The van der Waals surface area contributed by atoms with Gasteiger partial charge in [-0.25, -0.2) is 16.8 Å². The summed E-state index contributed by atoms with van der Waals surface area (Å²) in [5.41, 5.74) is 0. The van der Waals surface area contributed by atoms with Crippen molar-refractivity contribution in [3.8, 4) is 0 Å². The first kappa shape index (κ1) is 27.3. The molecule has 88 valence electrons. The second-order valence-corrected chi connectivity index (χ2v) is 3.95. The SMILES string of the molecule is CC(C)O.O=S(=O)([O-])OOS(=O)(=O)[O-].[K+].[K+]. The van der Waals surface area contributed by atoms with Crippen molar-refractivity contribution in [2.24, 2.45) is 0 Å². The van der Waals surface area contributed by atoms with E-state index in [1.165, 1.54) is 0 Å². The van der Waals surface area contributed by atoms with E-state index < -0.39 is 20.8 Å². The summed E-state index contributed by atoms with van der Waals surface area (Å²) in [4.78, 5) is 0. The Morgan fingerprint density at radius 3 is 1.12 bits per heavy atom. The van der Waals surface area contributed by atoms with Gasteiger partial charge < -0.3 is 14.2 Å². The van der Waals surface area contributed by atoms with Crippen LogP contribution in [-0.2, 0) is 29.5 Å². The fraction of sp³-hybridized carbons (Fsp3) is 1.00. The van der Waals surface area contributed by atoms with Crippen LogP contribution >= 0.6 is 0 Å². The zero-order chi connectivity index (χ0) is 12.0. The molecule has 0 fully saturated rings. The second-order valence-electron chi connectivity index (χ2n) is 2.05. The zero-order valence-electron chi connectivity index (χ0n) is 9.11. The van der Waals surface area contributed by atoms with Crippen molar-refractivity contribution in [1.82, 2.24) is 0 Å². The summed E-state index contributed by atoms with van der Waals surface area (Å²) in [7, 11) is -10.6. The summed E-state index contributed by atoms with van der Waals surface area (Å²) in [5.74, 6) is 0. The molecule has 0 spiro atoms. The first-order chi connectivity index (χ1) is 5.94. The van der Waals surface area contributed by atoms with E-state index in [9.17, 15) is 25.9 Å². The van der Waals surface area contributed by atoms with Crippen LogP contribution in [0.2, 0.25) is 0 Å². The third-order valence-corrected chi connectivity index (χ3v) is 0.750. The number of aliphatic hydroxyl groups excluding tert-OH is 1. The average molecular weight is 330 g/mol. The van der Waals surface area contributed by atoms with E-state index in [2.05, 4.69) is 8.67 Å². The molecule has 0 aromatic rings. The van der Waals surface area contributed by atoms with Crippen LogP contribution in [0.4, 0.5) is 0 Å². The van der Waals surface area contributed by atoms with Crippen LogP contribution in [0.5, 0.6) is 0 Å². The van der Waals surface area contributed by atoms with Crippen molar-refractivity contribution >= 4 is 20.8 Å². The topological polar surface area (TPSA) is 153 Å². The van der Waals surface area contributed by atoms with Gasteiger partial charge in [-0.3, -0.25) is 0 Å². The predicted molar refractivity (Wildman–Crippen MR) is 38.9 cm³/mol. The van der Waals surface area contributed by atoms with Crippen LogP contribution < -0.4 is 103 Å². The molecule has 0 heterocycles. The van der Waals surface area contributed by atoms with Crippen molar-refractivity contribution in [3.63, 3.8) is 0 Å². The fourth-order valence-corrected chi connectivity index (χ4v) is 0.612. The fourth-order valence-electron chi connectivity index (χ4n) is 0.0680. The maximum absolute atomic E-state index is 9.37. The van der Waals surface area contributed by atoms with E-state index in [0.717, 1.165) is 0 Å². The van der Waals surface area contributed by atoms with E-state index in [1.807, 2.05) is 0 Å². The minimum atomic E-state index is -5.31. The van der Waals surface area contributed by atoms with Gasteiger partial charge in [0.05, 0.1) is 0 Å². The monoisotopic (exact) mass is 330 g/mol. The Labute approximate surface area is 179 Å². The molecule has 0 radical (unpaired) electrons. The Hall–Kier alpha value is 2.97. The maximum Gasteiger partial charge on any atom is 1.00 e. The summed E-state index contributed by atoms with van der Waals surface area (Å²) in [6, 6.07) is 0. The molecule has 0 unspecified atom stereocenters. The molecule has 13 heteroatoms. The molecule has 9 nitrogen and oxygen atoms in total. The maximum atomic E-state index is 9.37. The number of hydrogen-bond donors (Lipinski definition) is 1. The van der Waals surface area contributed by atoms with Crippen LogP contribution in [0.3, 0.4) is 0 Å². The molecule has 0 aliphatic carbocycles. The molecule has 0 aliphatic rings. The molecule has 0 bridgehead atoms. The van der Waals surface area contributed by atoms with Gasteiger partial charge in [-0.2, -0.15) is 0 Å². The number of rotatable bonds is 3. The minimum absolute atomic E-state index is 0. The first-order valence-electron chi connectivity index (χ1n) is 2.91. The van der Waals surface area contributed by atoms with Gasteiger partial charge in [0.1, 0.15) is 0 Å². The van der Waals surface area contributed by atoms with Gasteiger partial charge in [-0.15, -0.1) is 8.67 Å². The van der Waals surface area contributed by atoms with Crippen molar-refractivity contribution < 1.29 is 142 Å². The van der Waals surface area contributed by atoms with Gasteiger partial charge in [0, 0.05) is 6.10 Å². The van der Waals surface area contributed by atoms with E-state index >= 15 is 0 Å². The first-order valence-corrected chi connectivity index (χ1v) is 5.58. The Morgan fingerprint density at radius 1 is 0.938 bits per heavy atom. The average Bonchev–Trinajstić information content (AvgIpc) is 1.79. The van der Waals surface area contributed by atoms with E-state index in [1.54, 1.807) is 13.8 Å². The molecule has 0 aromatic carbocycles. The van der Waals surface area contributed by atoms with Crippen molar-refractivity contribution in [1.29, 1.82) is 0 Å². The minimum Gasteiger partial charge on any atom is -0.724 e. The van der Waals surface area contributed by atoms with Gasteiger partial charge in [-0.1, -0.05) is 0 Å². The molecule has 16 heavy (non-hydrogen) atoms. The Bertz CT molecular complexity index is 297. The summed E-state index contributed by atoms with van der Waals surface area (Å²) in [6.45, 7) is 3.44. The molecule has 0 aromatic heterocycles. The Kier molecular flexibility index (Phi) is 22.2. The molecule has 0 rings (SSSR count). The van der Waals surface area contributed by atoms with Crippen LogP contribution in [0.1, 0.15) is 13.8 Å². The van der Waals surface area contributed by atoms with Crippen LogP contribution in [0, 0.1) is 0 Å². The van der Waals surface area contributed by atoms with Gasteiger partial charge in [0.25, 0.3) is 0 Å². The van der Waals surface area contributed by atoms with Gasteiger partial charge in [0.2, 0.25) is 20.8 Å². The molecular weight excluding hydrogens is 322 g/mol. The normalized spacial score (nSPS) is 10.6. The summed E-state index contributed by atoms with van der Waals surface area (Å²) >= 11 is 0. The molecular formula is C3H8K2O9S2. The van der Waals surface area contributed by atoms with Gasteiger partial charge >= 0.3 is 103 Å². The van der Waals surface area contributed by atoms with Crippen molar-refractivity contribution in [2.75, 3.05) is 0 Å². The van der Waals surface area contributed by atoms with Crippen LogP contribution in [0.25, 0.3) is 0 Å². The van der Waals surface area contributed by atoms with Crippen LogP contribution in [-0.4, -0.2) is 37.2 Å². The standard InChI is InChI=1S/C3H8O.2K.H2O8S2/c1-3(2)4;;;1-9(2,3)7-8-10(4,5)6/h3-4H,1-2H3;;;(H,1,2,3)(H,4,5,6)/q;2*+1;/p-2. The summed E-state index contributed by atoms with van der Waals surface area (Å²) < 4.78 is 61.5. The molecule has 0 amide bonds. The summed E-state index contributed by atoms with van der Waals surface area (Å²) in [5, 5.41) is 8.06. The quantitative estimate of drug-likeness (QED) is 0.175. The zero-order valence-corrected chi connectivity index (χ0v) is 17.0. The third-order valence-electron chi connectivity index (χ3n) is 0.194. The molecule has 1 N–H and O–H groups in total. The van der Waals surface area contributed by atoms with E-state index in [-0.39, 0.29) is 109 Å². The third kappa shape index (κ3) is 43.5. The second kappa shape index (κ2) is 13.0. The molecule has 0 atom stereocenters. The van der Waals surface area contributed by atoms with E-state index in [4.69, 9.17) is 5.11 Å². The van der Waals surface area contributed by atoms with E-state index in [0.29, 0.717) is 0 Å². The molecule has 0 saturated heterocycles. The largest absolute Gasteiger partial charge is 1.00 e. The predicted octanol–water partition coefficient (Wildman–Crippen LogP) is -7.75. The number of hydrogen-bond acceptors (Lipinski definition) is 9. The van der Waals surface area contributed by atoms with Crippen LogP contribution in [0.15, 0.2) is 0 Å². The number of aliphatic hydroxyl groups is 1. The molecule has 0 aliphatic heterocycles. The Morgan fingerprint density at radius 2 is 1.06 bits per heavy atom. The van der Waals surface area contributed by atoms with Gasteiger partial charge in [0.15, 0.2) is 0 Å². The smallest absolute Gasteiger partial charge is 0.724 e. The van der Waals surface area contributed by atoms with Crippen molar-refractivity contribution in [2.45, 2.75) is 20.0 Å². The molecule has 0 saturated carbocycles.